The summed E-state index contributed by atoms with van der Waals surface area (Å²) in [5.74, 6) is 0.769. The SMILES string of the molecule is CCCOc1ccccc1NC(=O)[C@H]1CCCN1. The third kappa shape index (κ3) is 3.23. The monoisotopic (exact) mass is 248 g/mol. The van der Waals surface area contributed by atoms with Gasteiger partial charge >= 0.3 is 0 Å². The number of para-hydroxylation sites is 2. The maximum Gasteiger partial charge on any atom is 0.241 e. The van der Waals surface area contributed by atoms with Crippen LogP contribution in [0.25, 0.3) is 0 Å². The van der Waals surface area contributed by atoms with E-state index in [2.05, 4.69) is 17.6 Å². The minimum atomic E-state index is -0.0655. The smallest absolute Gasteiger partial charge is 0.241 e. The summed E-state index contributed by atoms with van der Waals surface area (Å²) in [5.41, 5.74) is 0.754. The lowest BCUT2D eigenvalue weighted by atomic mass is 10.2. The molecule has 4 heteroatoms. The Kier molecular flexibility index (Phi) is 4.59. The highest BCUT2D eigenvalue weighted by Crippen LogP contribution is 2.24. The molecule has 18 heavy (non-hydrogen) atoms. The van der Waals surface area contributed by atoms with Crippen LogP contribution in [0.1, 0.15) is 26.2 Å². The van der Waals surface area contributed by atoms with Gasteiger partial charge in [-0.05, 0) is 37.9 Å². The lowest BCUT2D eigenvalue weighted by Gasteiger charge is -2.14. The molecule has 0 saturated carbocycles. The van der Waals surface area contributed by atoms with Gasteiger partial charge in [0.25, 0.3) is 0 Å². The van der Waals surface area contributed by atoms with E-state index in [9.17, 15) is 4.79 Å². The van der Waals surface area contributed by atoms with Crippen LogP contribution in [0.3, 0.4) is 0 Å². The Labute approximate surface area is 108 Å². The van der Waals surface area contributed by atoms with Crippen LogP contribution in [0, 0.1) is 0 Å². The summed E-state index contributed by atoms with van der Waals surface area (Å²) in [7, 11) is 0. The highest BCUT2D eigenvalue weighted by atomic mass is 16.5. The molecule has 0 aliphatic carbocycles. The van der Waals surface area contributed by atoms with E-state index in [-0.39, 0.29) is 11.9 Å². The van der Waals surface area contributed by atoms with E-state index >= 15 is 0 Å². The summed E-state index contributed by atoms with van der Waals surface area (Å²) in [4.78, 5) is 12.0. The molecule has 4 nitrogen and oxygen atoms in total. The van der Waals surface area contributed by atoms with Crippen LogP contribution in [0.2, 0.25) is 0 Å². The van der Waals surface area contributed by atoms with Crippen LogP contribution in [0.4, 0.5) is 5.69 Å². The van der Waals surface area contributed by atoms with Crippen molar-refractivity contribution in [1.29, 1.82) is 0 Å². The molecule has 98 valence electrons. The van der Waals surface area contributed by atoms with E-state index in [1.807, 2.05) is 24.3 Å². The first-order chi connectivity index (χ1) is 8.81. The summed E-state index contributed by atoms with van der Waals surface area (Å²) >= 11 is 0. The molecule has 2 rings (SSSR count). The van der Waals surface area contributed by atoms with Gasteiger partial charge in [0, 0.05) is 0 Å². The van der Waals surface area contributed by atoms with Gasteiger partial charge in [-0.15, -0.1) is 0 Å². The first kappa shape index (κ1) is 12.9. The van der Waals surface area contributed by atoms with E-state index in [1.165, 1.54) is 0 Å². The number of ether oxygens (including phenoxy) is 1. The molecule has 1 atom stereocenters. The zero-order valence-electron chi connectivity index (χ0n) is 10.7. The van der Waals surface area contributed by atoms with Crippen LogP contribution in [0.15, 0.2) is 24.3 Å². The Balaban J connectivity index is 2.00. The zero-order chi connectivity index (χ0) is 12.8. The van der Waals surface area contributed by atoms with E-state index in [4.69, 9.17) is 4.74 Å². The molecular weight excluding hydrogens is 228 g/mol. The van der Waals surface area contributed by atoms with Crippen molar-refractivity contribution in [2.75, 3.05) is 18.5 Å². The third-order valence-corrected chi connectivity index (χ3v) is 2.98. The summed E-state index contributed by atoms with van der Waals surface area (Å²) in [5, 5.41) is 6.12. The fourth-order valence-electron chi connectivity index (χ4n) is 2.04. The van der Waals surface area contributed by atoms with Gasteiger partial charge in [-0.25, -0.2) is 0 Å². The quantitative estimate of drug-likeness (QED) is 0.839. The average Bonchev–Trinajstić information content (AvgIpc) is 2.91. The van der Waals surface area contributed by atoms with E-state index in [0.29, 0.717) is 6.61 Å². The Hall–Kier alpha value is -1.55. The fraction of sp³-hybridized carbons (Fsp3) is 0.500. The molecule has 1 aromatic rings. The van der Waals surface area contributed by atoms with Crippen molar-refractivity contribution in [3.8, 4) is 5.75 Å². The summed E-state index contributed by atoms with van der Waals surface area (Å²) in [6.45, 7) is 3.64. The molecule has 0 radical (unpaired) electrons. The number of hydrogen-bond acceptors (Lipinski definition) is 3. The Bertz CT molecular complexity index is 401. The molecule has 0 spiro atoms. The van der Waals surface area contributed by atoms with Crippen molar-refractivity contribution in [3.63, 3.8) is 0 Å². The Morgan fingerprint density at radius 2 is 2.33 bits per heavy atom. The third-order valence-electron chi connectivity index (χ3n) is 2.98. The number of nitrogens with one attached hydrogen (secondary N) is 2. The summed E-state index contributed by atoms with van der Waals surface area (Å²) in [6.07, 6.45) is 2.92. The van der Waals surface area contributed by atoms with Crippen LogP contribution in [-0.4, -0.2) is 25.1 Å². The molecule has 1 heterocycles. The summed E-state index contributed by atoms with van der Waals surface area (Å²) in [6, 6.07) is 7.50. The molecule has 1 saturated heterocycles. The second-order valence-electron chi connectivity index (χ2n) is 4.48. The van der Waals surface area contributed by atoms with Crippen LogP contribution in [-0.2, 0) is 4.79 Å². The van der Waals surface area contributed by atoms with Crippen molar-refractivity contribution in [2.24, 2.45) is 0 Å². The van der Waals surface area contributed by atoms with Gasteiger partial charge in [0.15, 0.2) is 0 Å². The minimum Gasteiger partial charge on any atom is -0.491 e. The number of amides is 1. The van der Waals surface area contributed by atoms with E-state index in [1.54, 1.807) is 0 Å². The van der Waals surface area contributed by atoms with Gasteiger partial charge < -0.3 is 15.4 Å². The van der Waals surface area contributed by atoms with Gasteiger partial charge in [-0.3, -0.25) is 4.79 Å². The second-order valence-corrected chi connectivity index (χ2v) is 4.48. The minimum absolute atomic E-state index is 0.0278. The Morgan fingerprint density at radius 3 is 3.06 bits per heavy atom. The van der Waals surface area contributed by atoms with Crippen LogP contribution < -0.4 is 15.4 Å². The van der Waals surface area contributed by atoms with E-state index in [0.717, 1.165) is 37.2 Å². The molecule has 1 aromatic carbocycles. The number of carbonyl (C=O) groups is 1. The molecular formula is C14H20N2O2. The van der Waals surface area contributed by atoms with Crippen LogP contribution >= 0.6 is 0 Å². The molecule has 0 aromatic heterocycles. The first-order valence-corrected chi connectivity index (χ1v) is 6.57. The molecule has 1 amide bonds. The molecule has 1 aliphatic rings. The number of anilines is 1. The molecule has 2 N–H and O–H groups in total. The zero-order valence-corrected chi connectivity index (χ0v) is 10.7. The maximum atomic E-state index is 12.0. The predicted octanol–water partition coefficient (Wildman–Crippen LogP) is 2.17. The van der Waals surface area contributed by atoms with Gasteiger partial charge in [0.2, 0.25) is 5.91 Å². The highest BCUT2D eigenvalue weighted by Gasteiger charge is 2.22. The van der Waals surface area contributed by atoms with Gasteiger partial charge in [0.05, 0.1) is 18.3 Å². The van der Waals surface area contributed by atoms with Crippen molar-refractivity contribution < 1.29 is 9.53 Å². The standard InChI is InChI=1S/C14H20N2O2/c1-2-10-18-13-8-4-3-6-11(13)16-14(17)12-7-5-9-15-12/h3-4,6,8,12,15H,2,5,7,9-10H2,1H3,(H,16,17)/t12-/m1/s1. The number of hydrogen-bond donors (Lipinski definition) is 2. The second kappa shape index (κ2) is 6.40. The largest absolute Gasteiger partial charge is 0.491 e. The Morgan fingerprint density at radius 1 is 1.50 bits per heavy atom. The lowest BCUT2D eigenvalue weighted by Crippen LogP contribution is -2.35. The lowest BCUT2D eigenvalue weighted by molar-refractivity contribution is -0.117. The van der Waals surface area contributed by atoms with Gasteiger partial charge in [-0.1, -0.05) is 19.1 Å². The van der Waals surface area contributed by atoms with Crippen molar-refractivity contribution >= 4 is 11.6 Å². The molecule has 1 aliphatic heterocycles. The highest BCUT2D eigenvalue weighted by molar-refractivity contribution is 5.96. The summed E-state index contributed by atoms with van der Waals surface area (Å²) < 4.78 is 5.61. The molecule has 0 bridgehead atoms. The number of rotatable bonds is 5. The number of benzene rings is 1. The topological polar surface area (TPSA) is 50.4 Å². The predicted molar refractivity (Wildman–Crippen MR) is 71.9 cm³/mol. The van der Waals surface area contributed by atoms with Crippen LogP contribution in [0.5, 0.6) is 5.75 Å². The molecule has 0 unspecified atom stereocenters. The van der Waals surface area contributed by atoms with Gasteiger partial charge in [0.1, 0.15) is 5.75 Å². The maximum absolute atomic E-state index is 12.0. The van der Waals surface area contributed by atoms with Crippen molar-refractivity contribution in [3.05, 3.63) is 24.3 Å². The van der Waals surface area contributed by atoms with Crippen molar-refractivity contribution in [2.45, 2.75) is 32.2 Å². The average molecular weight is 248 g/mol. The van der Waals surface area contributed by atoms with Crippen molar-refractivity contribution in [1.82, 2.24) is 5.32 Å². The normalized spacial score (nSPS) is 18.6. The van der Waals surface area contributed by atoms with Gasteiger partial charge in [-0.2, -0.15) is 0 Å². The first-order valence-electron chi connectivity index (χ1n) is 6.57. The number of carbonyl (C=O) groups excluding carboxylic acids is 1. The van der Waals surface area contributed by atoms with E-state index < -0.39 is 0 Å². The molecule has 1 fully saturated rings. The fourth-order valence-corrected chi connectivity index (χ4v) is 2.04.